The van der Waals surface area contributed by atoms with Gasteiger partial charge >= 0.3 is 6.09 Å². The monoisotopic (exact) mass is 303 g/mol. The minimum Gasteiger partial charge on any atom is -0.448 e. The number of hydrogen-bond donors (Lipinski definition) is 2. The second-order valence-corrected chi connectivity index (χ2v) is 8.32. The highest BCUT2D eigenvalue weighted by Crippen LogP contribution is 2.55. The van der Waals surface area contributed by atoms with Crippen molar-refractivity contribution in [2.75, 3.05) is 12.4 Å². The predicted molar refractivity (Wildman–Crippen MR) is 71.8 cm³/mol. The molecular formula is C13H21NO5S. The molecular weight excluding hydrogens is 282 g/mol. The number of amides is 1. The zero-order chi connectivity index (χ0) is 14.4. The topological polar surface area (TPSA) is 92.7 Å². The van der Waals surface area contributed by atoms with Crippen molar-refractivity contribution in [1.82, 2.24) is 5.32 Å². The zero-order valence-corrected chi connectivity index (χ0v) is 12.2. The maximum Gasteiger partial charge on any atom is 0.407 e. The molecule has 0 aromatic rings. The smallest absolute Gasteiger partial charge is 0.407 e. The van der Waals surface area contributed by atoms with E-state index >= 15 is 0 Å². The molecule has 4 saturated carbocycles. The summed E-state index contributed by atoms with van der Waals surface area (Å²) in [5.74, 6) is 1.61. The Morgan fingerprint density at radius 3 is 2.10 bits per heavy atom. The number of carbonyl (C=O) groups excluding carboxylic acids is 1. The summed E-state index contributed by atoms with van der Waals surface area (Å²) in [5.41, 5.74) is -0.135. The normalized spacial score (nSPS) is 38.8. The van der Waals surface area contributed by atoms with Gasteiger partial charge in [-0.1, -0.05) is 0 Å². The number of rotatable bonds is 4. The van der Waals surface area contributed by atoms with E-state index in [-0.39, 0.29) is 12.1 Å². The molecule has 4 rings (SSSR count). The third kappa shape index (κ3) is 3.09. The second-order valence-electron chi connectivity index (χ2n) is 6.74. The van der Waals surface area contributed by atoms with Gasteiger partial charge in [0, 0.05) is 5.54 Å². The van der Waals surface area contributed by atoms with Crippen LogP contribution in [0.1, 0.15) is 38.5 Å². The van der Waals surface area contributed by atoms with Gasteiger partial charge in [0.1, 0.15) is 12.4 Å². The number of carbonyl (C=O) groups is 1. The molecule has 0 aromatic heterocycles. The van der Waals surface area contributed by atoms with Crippen molar-refractivity contribution in [1.29, 1.82) is 0 Å². The summed E-state index contributed by atoms with van der Waals surface area (Å²) in [6, 6.07) is 0. The van der Waals surface area contributed by atoms with Crippen molar-refractivity contribution in [2.45, 2.75) is 44.1 Å². The fourth-order valence-corrected chi connectivity index (χ4v) is 5.05. The third-order valence-corrected chi connectivity index (χ3v) is 5.66. The summed E-state index contributed by atoms with van der Waals surface area (Å²) in [6.07, 6.45) is 6.37. The SMILES string of the molecule is O=C(NC12CC3CC(CC(C3)C1)C2)OCCS(=O)(=O)O. The molecule has 0 saturated heterocycles. The van der Waals surface area contributed by atoms with E-state index in [4.69, 9.17) is 9.29 Å². The lowest BCUT2D eigenvalue weighted by atomic mass is 9.53. The molecule has 6 nitrogen and oxygen atoms in total. The van der Waals surface area contributed by atoms with Gasteiger partial charge in [-0.15, -0.1) is 0 Å². The Kier molecular flexibility index (Phi) is 3.44. The van der Waals surface area contributed by atoms with Gasteiger partial charge in [-0.3, -0.25) is 4.55 Å². The Labute approximate surface area is 119 Å². The van der Waals surface area contributed by atoms with E-state index in [2.05, 4.69) is 5.32 Å². The van der Waals surface area contributed by atoms with Crippen molar-refractivity contribution < 1.29 is 22.5 Å². The summed E-state index contributed by atoms with van der Waals surface area (Å²) in [5, 5.41) is 2.97. The quantitative estimate of drug-likeness (QED) is 0.769. The first kappa shape index (κ1) is 14.1. The lowest BCUT2D eigenvalue weighted by Crippen LogP contribution is -2.60. The van der Waals surface area contributed by atoms with Crippen LogP contribution < -0.4 is 5.32 Å². The summed E-state index contributed by atoms with van der Waals surface area (Å²) < 4.78 is 34.6. The van der Waals surface area contributed by atoms with Crippen LogP contribution in [0.25, 0.3) is 0 Å². The zero-order valence-electron chi connectivity index (χ0n) is 11.4. The van der Waals surface area contributed by atoms with Crippen molar-refractivity contribution >= 4 is 16.2 Å². The first-order valence-corrected chi connectivity index (χ1v) is 8.85. The van der Waals surface area contributed by atoms with Gasteiger partial charge < -0.3 is 10.1 Å². The standard InChI is InChI=1S/C13H21NO5S/c15-12(19-1-2-20(16,17)18)14-13-6-9-3-10(7-13)5-11(4-9)8-13/h9-11H,1-8H2,(H,14,15)(H,16,17,18). The Balaban J connectivity index is 1.54. The maximum atomic E-state index is 11.8. The molecule has 4 fully saturated rings. The molecule has 0 unspecified atom stereocenters. The van der Waals surface area contributed by atoms with E-state index in [1.165, 1.54) is 19.3 Å². The van der Waals surface area contributed by atoms with E-state index in [9.17, 15) is 13.2 Å². The summed E-state index contributed by atoms with van der Waals surface area (Å²) >= 11 is 0. The van der Waals surface area contributed by atoms with Crippen molar-refractivity contribution in [2.24, 2.45) is 17.8 Å². The van der Waals surface area contributed by atoms with Gasteiger partial charge in [0.15, 0.2) is 0 Å². The van der Waals surface area contributed by atoms with Crippen molar-refractivity contribution in [3.8, 4) is 0 Å². The molecule has 0 aromatic carbocycles. The summed E-state index contributed by atoms with van der Waals surface area (Å²) in [7, 11) is -4.08. The van der Waals surface area contributed by atoms with Crippen LogP contribution in [-0.2, 0) is 14.9 Å². The Morgan fingerprint density at radius 1 is 1.15 bits per heavy atom. The Hall–Kier alpha value is -0.820. The van der Waals surface area contributed by atoms with E-state index in [1.807, 2.05) is 0 Å². The van der Waals surface area contributed by atoms with Gasteiger partial charge in [-0.2, -0.15) is 8.42 Å². The fraction of sp³-hybridized carbons (Fsp3) is 0.923. The minimum atomic E-state index is -4.08. The van der Waals surface area contributed by atoms with Crippen LogP contribution in [0.15, 0.2) is 0 Å². The largest absolute Gasteiger partial charge is 0.448 e. The van der Waals surface area contributed by atoms with Gasteiger partial charge in [0.2, 0.25) is 0 Å². The number of alkyl carbamates (subject to hydrolysis) is 1. The lowest BCUT2D eigenvalue weighted by Gasteiger charge is -2.56. The molecule has 0 radical (unpaired) electrons. The highest BCUT2D eigenvalue weighted by atomic mass is 32.2. The molecule has 7 heteroatoms. The number of ether oxygens (including phenoxy) is 1. The minimum absolute atomic E-state index is 0.135. The lowest BCUT2D eigenvalue weighted by molar-refractivity contribution is -0.0187. The van der Waals surface area contributed by atoms with Crippen LogP contribution >= 0.6 is 0 Å². The first-order valence-electron chi connectivity index (χ1n) is 7.24. The molecule has 114 valence electrons. The van der Waals surface area contributed by atoms with E-state index in [0.717, 1.165) is 37.0 Å². The van der Waals surface area contributed by atoms with Gasteiger partial charge in [0.25, 0.3) is 10.1 Å². The molecule has 4 aliphatic rings. The molecule has 4 aliphatic carbocycles. The van der Waals surface area contributed by atoms with Crippen LogP contribution in [0.5, 0.6) is 0 Å². The van der Waals surface area contributed by atoms with E-state index in [0.29, 0.717) is 0 Å². The van der Waals surface area contributed by atoms with Crippen molar-refractivity contribution in [3.05, 3.63) is 0 Å². The van der Waals surface area contributed by atoms with Crippen LogP contribution in [0.4, 0.5) is 4.79 Å². The van der Waals surface area contributed by atoms with Crippen LogP contribution in [-0.4, -0.2) is 37.0 Å². The summed E-state index contributed by atoms with van der Waals surface area (Å²) in [6.45, 7) is -0.308. The fourth-order valence-electron chi connectivity index (χ4n) is 4.76. The molecule has 0 atom stereocenters. The highest BCUT2D eigenvalue weighted by molar-refractivity contribution is 7.85. The Morgan fingerprint density at radius 2 is 1.65 bits per heavy atom. The molecule has 0 aliphatic heterocycles. The van der Waals surface area contributed by atoms with Crippen LogP contribution in [0, 0.1) is 17.8 Å². The molecule has 2 N–H and O–H groups in total. The van der Waals surface area contributed by atoms with Gasteiger partial charge in [-0.05, 0) is 56.3 Å². The van der Waals surface area contributed by atoms with Gasteiger partial charge in [0.05, 0.1) is 0 Å². The molecule has 1 amide bonds. The van der Waals surface area contributed by atoms with Crippen LogP contribution in [0.3, 0.4) is 0 Å². The van der Waals surface area contributed by atoms with E-state index < -0.39 is 22.0 Å². The third-order valence-electron chi connectivity index (χ3n) is 4.98. The molecule has 20 heavy (non-hydrogen) atoms. The predicted octanol–water partition coefficient (Wildman–Crippen LogP) is 1.57. The summed E-state index contributed by atoms with van der Waals surface area (Å²) in [4.78, 5) is 11.8. The second kappa shape index (κ2) is 4.87. The maximum absolute atomic E-state index is 11.8. The van der Waals surface area contributed by atoms with E-state index in [1.54, 1.807) is 0 Å². The first-order chi connectivity index (χ1) is 9.34. The Bertz CT molecular complexity index is 466. The van der Waals surface area contributed by atoms with Crippen molar-refractivity contribution in [3.63, 3.8) is 0 Å². The number of hydrogen-bond acceptors (Lipinski definition) is 4. The molecule has 0 spiro atoms. The number of nitrogens with one attached hydrogen (secondary N) is 1. The average molecular weight is 303 g/mol. The van der Waals surface area contributed by atoms with Crippen LogP contribution in [0.2, 0.25) is 0 Å². The molecule has 4 bridgehead atoms. The average Bonchev–Trinajstić information content (AvgIpc) is 2.23. The highest BCUT2D eigenvalue weighted by Gasteiger charge is 2.51. The molecule has 0 heterocycles. The van der Waals surface area contributed by atoms with Gasteiger partial charge in [-0.25, -0.2) is 4.79 Å².